The van der Waals surface area contributed by atoms with Crippen molar-refractivity contribution in [1.29, 1.82) is 0 Å². The van der Waals surface area contributed by atoms with E-state index in [1.54, 1.807) is 6.07 Å². The number of aromatic nitrogens is 1. The van der Waals surface area contributed by atoms with Crippen LogP contribution in [0.2, 0.25) is 0 Å². The molecule has 106 valence electrons. The lowest BCUT2D eigenvalue weighted by Crippen LogP contribution is -2.39. The first-order valence-electron chi connectivity index (χ1n) is 6.64. The summed E-state index contributed by atoms with van der Waals surface area (Å²) in [6.07, 6.45) is 1.81. The number of nitrogens with two attached hydrogens (primary N) is 1. The van der Waals surface area contributed by atoms with Gasteiger partial charge in [-0.25, -0.2) is 4.98 Å². The number of nitrogen functional groups attached to an aromatic ring is 1. The normalized spacial score (nSPS) is 12.5. The number of carbonyl (C=O) groups is 1. The second-order valence-corrected chi connectivity index (χ2v) is 5.16. The number of pyridine rings is 1. The van der Waals surface area contributed by atoms with Gasteiger partial charge in [-0.2, -0.15) is 0 Å². The van der Waals surface area contributed by atoms with Crippen LogP contribution in [0, 0.1) is 0 Å². The van der Waals surface area contributed by atoms with Crippen molar-refractivity contribution < 1.29 is 4.79 Å². The molecule has 0 fully saturated rings. The van der Waals surface area contributed by atoms with Gasteiger partial charge in [-0.3, -0.25) is 4.79 Å². The Morgan fingerprint density at radius 3 is 2.74 bits per heavy atom. The number of anilines is 1. The van der Waals surface area contributed by atoms with E-state index < -0.39 is 0 Å². The molecule has 5 nitrogen and oxygen atoms in total. The Labute approximate surface area is 115 Å². The third-order valence-corrected chi connectivity index (χ3v) is 2.68. The van der Waals surface area contributed by atoms with Crippen LogP contribution < -0.4 is 11.1 Å². The molecule has 0 saturated heterocycles. The van der Waals surface area contributed by atoms with E-state index in [1.165, 1.54) is 0 Å². The van der Waals surface area contributed by atoms with Gasteiger partial charge >= 0.3 is 0 Å². The first kappa shape index (κ1) is 15.4. The SMILES string of the molecule is CCCc1cc(C(=O)NC(C)CN(C)C)cc(N)n1. The lowest BCUT2D eigenvalue weighted by atomic mass is 10.1. The van der Waals surface area contributed by atoms with Crippen LogP contribution in [0.4, 0.5) is 5.82 Å². The summed E-state index contributed by atoms with van der Waals surface area (Å²) < 4.78 is 0. The number of likely N-dealkylation sites (N-methyl/N-ethyl adjacent to an activating group) is 1. The number of rotatable bonds is 6. The molecule has 3 N–H and O–H groups in total. The molecule has 1 aromatic heterocycles. The van der Waals surface area contributed by atoms with Gasteiger partial charge in [-0.1, -0.05) is 13.3 Å². The molecule has 1 aromatic rings. The highest BCUT2D eigenvalue weighted by atomic mass is 16.1. The summed E-state index contributed by atoms with van der Waals surface area (Å²) >= 11 is 0. The van der Waals surface area contributed by atoms with Crippen LogP contribution in [0.3, 0.4) is 0 Å². The highest BCUT2D eigenvalue weighted by Crippen LogP contribution is 2.10. The van der Waals surface area contributed by atoms with Crippen molar-refractivity contribution in [3.05, 3.63) is 23.4 Å². The number of carbonyl (C=O) groups excluding carboxylic acids is 1. The summed E-state index contributed by atoms with van der Waals surface area (Å²) in [5.74, 6) is 0.303. The summed E-state index contributed by atoms with van der Waals surface area (Å²) in [4.78, 5) is 18.4. The average Bonchev–Trinajstić information content (AvgIpc) is 2.27. The fourth-order valence-electron chi connectivity index (χ4n) is 2.03. The van der Waals surface area contributed by atoms with E-state index in [0.717, 1.165) is 25.1 Å². The van der Waals surface area contributed by atoms with Crippen molar-refractivity contribution in [2.45, 2.75) is 32.7 Å². The monoisotopic (exact) mass is 264 g/mol. The van der Waals surface area contributed by atoms with Crippen LogP contribution in [-0.4, -0.2) is 42.5 Å². The van der Waals surface area contributed by atoms with Crippen molar-refractivity contribution in [2.75, 3.05) is 26.4 Å². The predicted molar refractivity (Wildman–Crippen MR) is 78.1 cm³/mol. The average molecular weight is 264 g/mol. The van der Waals surface area contributed by atoms with Gasteiger partial charge < -0.3 is 16.0 Å². The summed E-state index contributed by atoms with van der Waals surface area (Å²) in [5, 5.41) is 2.96. The molecule has 0 radical (unpaired) electrons. The Morgan fingerprint density at radius 2 is 2.16 bits per heavy atom. The molecule has 0 aliphatic heterocycles. The van der Waals surface area contributed by atoms with E-state index in [4.69, 9.17) is 5.73 Å². The molecule has 1 atom stereocenters. The van der Waals surface area contributed by atoms with Gasteiger partial charge in [0.1, 0.15) is 5.82 Å². The van der Waals surface area contributed by atoms with Gasteiger partial charge in [0.2, 0.25) is 0 Å². The lowest BCUT2D eigenvalue weighted by molar-refractivity contribution is 0.0934. The highest BCUT2D eigenvalue weighted by Gasteiger charge is 2.12. The Kier molecular flexibility index (Phi) is 5.76. The maximum Gasteiger partial charge on any atom is 0.251 e. The molecular weight excluding hydrogens is 240 g/mol. The van der Waals surface area contributed by atoms with Gasteiger partial charge in [-0.05, 0) is 39.6 Å². The van der Waals surface area contributed by atoms with E-state index in [-0.39, 0.29) is 11.9 Å². The Balaban J connectivity index is 2.76. The molecule has 0 bridgehead atoms. The predicted octanol–water partition coefficient (Wildman–Crippen LogP) is 1.30. The number of hydrogen-bond donors (Lipinski definition) is 2. The number of aryl methyl sites for hydroxylation is 1. The lowest BCUT2D eigenvalue weighted by Gasteiger charge is -2.18. The highest BCUT2D eigenvalue weighted by molar-refractivity contribution is 5.95. The smallest absolute Gasteiger partial charge is 0.251 e. The minimum Gasteiger partial charge on any atom is -0.384 e. The topological polar surface area (TPSA) is 71.2 Å². The van der Waals surface area contributed by atoms with E-state index in [9.17, 15) is 4.79 Å². The summed E-state index contributed by atoms with van der Waals surface area (Å²) in [7, 11) is 3.96. The third kappa shape index (κ3) is 5.26. The van der Waals surface area contributed by atoms with E-state index in [0.29, 0.717) is 11.4 Å². The molecular formula is C14H24N4O. The minimum atomic E-state index is -0.0965. The van der Waals surface area contributed by atoms with Crippen LogP contribution in [0.1, 0.15) is 36.3 Å². The van der Waals surface area contributed by atoms with E-state index in [2.05, 4.69) is 17.2 Å². The van der Waals surface area contributed by atoms with E-state index in [1.807, 2.05) is 32.0 Å². The summed E-state index contributed by atoms with van der Waals surface area (Å²) in [5.41, 5.74) is 7.19. The third-order valence-electron chi connectivity index (χ3n) is 2.68. The fraction of sp³-hybridized carbons (Fsp3) is 0.571. The quantitative estimate of drug-likeness (QED) is 0.812. The largest absolute Gasteiger partial charge is 0.384 e. The molecule has 0 aromatic carbocycles. The fourth-order valence-corrected chi connectivity index (χ4v) is 2.03. The van der Waals surface area contributed by atoms with Crippen molar-refractivity contribution in [3.8, 4) is 0 Å². The van der Waals surface area contributed by atoms with Crippen LogP contribution >= 0.6 is 0 Å². The van der Waals surface area contributed by atoms with Gasteiger partial charge in [-0.15, -0.1) is 0 Å². The molecule has 1 rings (SSSR count). The van der Waals surface area contributed by atoms with Crippen molar-refractivity contribution in [2.24, 2.45) is 0 Å². The maximum atomic E-state index is 12.1. The molecule has 0 spiro atoms. The van der Waals surface area contributed by atoms with E-state index >= 15 is 0 Å². The zero-order valence-electron chi connectivity index (χ0n) is 12.2. The van der Waals surface area contributed by atoms with Crippen LogP contribution in [0.5, 0.6) is 0 Å². The Morgan fingerprint density at radius 1 is 1.47 bits per heavy atom. The first-order chi connectivity index (χ1) is 8.92. The van der Waals surface area contributed by atoms with Crippen LogP contribution in [-0.2, 0) is 6.42 Å². The first-order valence-corrected chi connectivity index (χ1v) is 6.64. The molecule has 5 heteroatoms. The number of amides is 1. The van der Waals surface area contributed by atoms with Crippen molar-refractivity contribution >= 4 is 11.7 Å². The molecule has 1 unspecified atom stereocenters. The molecule has 1 amide bonds. The number of nitrogens with one attached hydrogen (secondary N) is 1. The van der Waals surface area contributed by atoms with Gasteiger partial charge in [0.15, 0.2) is 0 Å². The number of nitrogens with zero attached hydrogens (tertiary/aromatic N) is 2. The maximum absolute atomic E-state index is 12.1. The molecule has 0 aliphatic carbocycles. The minimum absolute atomic E-state index is 0.0894. The Bertz CT molecular complexity index is 431. The molecule has 19 heavy (non-hydrogen) atoms. The summed E-state index contributed by atoms with van der Waals surface area (Å²) in [6, 6.07) is 3.53. The zero-order chi connectivity index (χ0) is 14.4. The van der Waals surface area contributed by atoms with Crippen LogP contribution in [0.15, 0.2) is 12.1 Å². The van der Waals surface area contributed by atoms with Gasteiger partial charge in [0.05, 0.1) is 0 Å². The molecule has 0 saturated carbocycles. The molecule has 1 heterocycles. The second kappa shape index (κ2) is 7.09. The number of hydrogen-bond acceptors (Lipinski definition) is 4. The van der Waals surface area contributed by atoms with Gasteiger partial charge in [0, 0.05) is 23.8 Å². The summed E-state index contributed by atoms with van der Waals surface area (Å²) in [6.45, 7) is 4.85. The van der Waals surface area contributed by atoms with Crippen molar-refractivity contribution in [1.82, 2.24) is 15.2 Å². The van der Waals surface area contributed by atoms with Crippen molar-refractivity contribution in [3.63, 3.8) is 0 Å². The van der Waals surface area contributed by atoms with Crippen LogP contribution in [0.25, 0.3) is 0 Å². The second-order valence-electron chi connectivity index (χ2n) is 5.16. The molecule has 0 aliphatic rings. The zero-order valence-corrected chi connectivity index (χ0v) is 12.2. The standard InChI is InChI=1S/C14H24N4O/c1-5-6-12-7-11(8-13(15)17-12)14(19)16-10(2)9-18(3)4/h7-8,10H,5-6,9H2,1-4H3,(H2,15,17)(H,16,19). The van der Waals surface area contributed by atoms with Gasteiger partial charge in [0.25, 0.3) is 5.91 Å². The Hall–Kier alpha value is -1.62.